The number of hydrogen-bond acceptors (Lipinski definition) is 5. The minimum atomic E-state index is -0.778. The molecule has 2 N–H and O–H groups in total. The normalized spacial score (nSPS) is 16.1. The fourth-order valence-corrected chi connectivity index (χ4v) is 3.02. The van der Waals surface area contributed by atoms with Gasteiger partial charge in [-0.1, -0.05) is 18.2 Å². The van der Waals surface area contributed by atoms with Crippen LogP contribution < -0.4 is 0 Å². The third-order valence-corrected chi connectivity index (χ3v) is 4.30. The van der Waals surface area contributed by atoms with Crippen molar-refractivity contribution in [1.82, 2.24) is 19.9 Å². The molecule has 152 valence electrons. The zero-order valence-corrected chi connectivity index (χ0v) is 16.8. The van der Waals surface area contributed by atoms with E-state index in [2.05, 4.69) is 19.9 Å². The maximum atomic E-state index is 12.9. The Morgan fingerprint density at radius 2 is 1.97 bits per heavy atom. The number of imide groups is 1. The Balaban J connectivity index is 1.70. The molecule has 4 rings (SSSR count). The van der Waals surface area contributed by atoms with E-state index in [4.69, 9.17) is 4.74 Å². The number of aliphatic imine (C=N–C) groups is 1. The first-order chi connectivity index (χ1) is 14.3. The number of amidine groups is 1. The van der Waals surface area contributed by atoms with Gasteiger partial charge in [-0.2, -0.15) is 4.90 Å². The number of ether oxygens (including phenoxy) is 1. The maximum absolute atomic E-state index is 12.9. The summed E-state index contributed by atoms with van der Waals surface area (Å²) in [5, 5.41) is 1.02. The van der Waals surface area contributed by atoms with E-state index in [1.807, 2.05) is 30.5 Å². The van der Waals surface area contributed by atoms with Crippen molar-refractivity contribution in [2.75, 3.05) is 0 Å². The van der Waals surface area contributed by atoms with Crippen LogP contribution in [0.1, 0.15) is 32.0 Å². The second-order valence-corrected chi connectivity index (χ2v) is 7.74. The van der Waals surface area contributed by atoms with E-state index in [9.17, 15) is 9.59 Å². The van der Waals surface area contributed by atoms with Gasteiger partial charge in [0.25, 0.3) is 5.91 Å². The van der Waals surface area contributed by atoms with Gasteiger partial charge in [0.15, 0.2) is 0 Å². The summed E-state index contributed by atoms with van der Waals surface area (Å²) < 4.78 is 5.41. The number of aromatic nitrogens is 3. The lowest BCUT2D eigenvalue weighted by Gasteiger charge is -2.23. The molecule has 1 aliphatic heterocycles. The van der Waals surface area contributed by atoms with Gasteiger partial charge >= 0.3 is 6.09 Å². The van der Waals surface area contributed by atoms with Crippen LogP contribution in [0, 0.1) is 0 Å². The zero-order chi connectivity index (χ0) is 21.3. The van der Waals surface area contributed by atoms with Crippen LogP contribution in [0.25, 0.3) is 23.1 Å². The van der Waals surface area contributed by atoms with Gasteiger partial charge in [0.1, 0.15) is 17.1 Å². The quantitative estimate of drug-likeness (QED) is 0.642. The van der Waals surface area contributed by atoms with Crippen molar-refractivity contribution in [1.29, 1.82) is 0 Å². The van der Waals surface area contributed by atoms with Gasteiger partial charge in [-0.25, -0.2) is 14.8 Å². The Bertz CT molecular complexity index is 1190. The van der Waals surface area contributed by atoms with Crippen LogP contribution in [0.3, 0.4) is 0 Å². The first kappa shape index (κ1) is 19.4. The molecule has 8 nitrogen and oxygen atoms in total. The second kappa shape index (κ2) is 7.47. The lowest BCUT2D eigenvalue weighted by Crippen LogP contribution is -2.41. The summed E-state index contributed by atoms with van der Waals surface area (Å²) in [4.78, 5) is 41.0. The molecule has 8 heteroatoms. The molecular formula is C22H21N5O3. The molecule has 0 unspecified atom stereocenters. The Morgan fingerprint density at radius 1 is 1.17 bits per heavy atom. The SMILES string of the molecule is CC(C)(C)OC(=O)N1C(=O)/C(=C/c2c[nH]cn2)N=C1/C=C/c1c[nH]c2ccccc12. The van der Waals surface area contributed by atoms with E-state index in [-0.39, 0.29) is 11.5 Å². The monoisotopic (exact) mass is 403 g/mol. The molecule has 0 atom stereocenters. The average molecular weight is 403 g/mol. The zero-order valence-electron chi connectivity index (χ0n) is 16.8. The lowest BCUT2D eigenvalue weighted by atomic mass is 10.1. The highest BCUT2D eigenvalue weighted by atomic mass is 16.6. The highest BCUT2D eigenvalue weighted by Crippen LogP contribution is 2.23. The summed E-state index contributed by atoms with van der Waals surface area (Å²) in [5.41, 5.74) is 1.79. The number of amides is 2. The van der Waals surface area contributed by atoms with Crippen molar-refractivity contribution in [3.05, 3.63) is 66.0 Å². The minimum Gasteiger partial charge on any atom is -0.443 e. The van der Waals surface area contributed by atoms with Crippen molar-refractivity contribution < 1.29 is 14.3 Å². The van der Waals surface area contributed by atoms with Crippen molar-refractivity contribution in [2.45, 2.75) is 26.4 Å². The molecule has 30 heavy (non-hydrogen) atoms. The van der Waals surface area contributed by atoms with E-state index < -0.39 is 17.6 Å². The van der Waals surface area contributed by atoms with E-state index in [0.29, 0.717) is 5.69 Å². The Hall–Kier alpha value is -3.94. The van der Waals surface area contributed by atoms with Crippen LogP contribution >= 0.6 is 0 Å². The predicted octanol–water partition coefficient (Wildman–Crippen LogP) is 4.12. The highest BCUT2D eigenvalue weighted by Gasteiger charge is 2.37. The van der Waals surface area contributed by atoms with E-state index in [0.717, 1.165) is 21.4 Å². The van der Waals surface area contributed by atoms with E-state index in [1.54, 1.807) is 39.1 Å². The number of para-hydroxylation sites is 1. The molecule has 0 radical (unpaired) electrons. The number of aromatic amines is 2. The average Bonchev–Trinajstić information content (AvgIpc) is 3.39. The van der Waals surface area contributed by atoms with Crippen molar-refractivity contribution in [3.63, 3.8) is 0 Å². The minimum absolute atomic E-state index is 0.103. The molecule has 1 aliphatic rings. The summed E-state index contributed by atoms with van der Waals surface area (Å²) in [6.45, 7) is 5.22. The summed E-state index contributed by atoms with van der Waals surface area (Å²) in [6.07, 6.45) is 9.16. The number of imidazole rings is 1. The molecule has 3 heterocycles. The Kier molecular flexibility index (Phi) is 4.83. The number of benzene rings is 1. The maximum Gasteiger partial charge on any atom is 0.423 e. The number of carbonyl (C=O) groups is 2. The number of hydrogen-bond donors (Lipinski definition) is 2. The third-order valence-electron chi connectivity index (χ3n) is 4.30. The first-order valence-electron chi connectivity index (χ1n) is 9.43. The molecule has 3 aromatic rings. The number of carbonyl (C=O) groups excluding carboxylic acids is 2. The van der Waals surface area contributed by atoms with Gasteiger partial charge in [0.05, 0.1) is 12.0 Å². The number of fused-ring (bicyclic) bond motifs is 1. The van der Waals surface area contributed by atoms with Crippen LogP contribution in [-0.4, -0.2) is 43.3 Å². The summed E-state index contributed by atoms with van der Waals surface area (Å²) >= 11 is 0. The van der Waals surface area contributed by atoms with Gasteiger partial charge in [-0.3, -0.25) is 4.79 Å². The van der Waals surface area contributed by atoms with E-state index >= 15 is 0 Å². The van der Waals surface area contributed by atoms with Gasteiger partial charge < -0.3 is 14.7 Å². The molecule has 0 fully saturated rings. The molecule has 0 aliphatic carbocycles. The molecule has 0 saturated carbocycles. The van der Waals surface area contributed by atoms with Crippen LogP contribution in [-0.2, 0) is 9.53 Å². The van der Waals surface area contributed by atoms with Crippen LogP contribution in [0.5, 0.6) is 0 Å². The lowest BCUT2D eigenvalue weighted by molar-refractivity contribution is -0.122. The predicted molar refractivity (Wildman–Crippen MR) is 114 cm³/mol. The van der Waals surface area contributed by atoms with Crippen LogP contribution in [0.4, 0.5) is 4.79 Å². The smallest absolute Gasteiger partial charge is 0.423 e. The van der Waals surface area contributed by atoms with Crippen LogP contribution in [0.15, 0.2) is 59.8 Å². The first-order valence-corrected chi connectivity index (χ1v) is 9.43. The molecule has 0 bridgehead atoms. The summed E-state index contributed by atoms with van der Waals surface area (Å²) in [5.74, 6) is -0.382. The highest BCUT2D eigenvalue weighted by molar-refractivity contribution is 6.25. The van der Waals surface area contributed by atoms with Gasteiger partial charge in [-0.05, 0) is 50.6 Å². The molecule has 2 amide bonds. The fourth-order valence-electron chi connectivity index (χ4n) is 3.02. The van der Waals surface area contributed by atoms with Gasteiger partial charge in [-0.15, -0.1) is 0 Å². The number of H-pyrrole nitrogens is 2. The fraction of sp³-hybridized carbons (Fsp3) is 0.182. The molecule has 0 saturated heterocycles. The van der Waals surface area contributed by atoms with Gasteiger partial charge in [0.2, 0.25) is 0 Å². The van der Waals surface area contributed by atoms with Crippen molar-refractivity contribution in [3.8, 4) is 0 Å². The molecule has 1 aromatic carbocycles. The molecule has 0 spiro atoms. The molecular weight excluding hydrogens is 382 g/mol. The van der Waals surface area contributed by atoms with Crippen molar-refractivity contribution >= 4 is 40.9 Å². The topological polar surface area (TPSA) is 103 Å². The Morgan fingerprint density at radius 3 is 2.70 bits per heavy atom. The summed E-state index contributed by atoms with van der Waals surface area (Å²) in [6, 6.07) is 7.85. The van der Waals surface area contributed by atoms with E-state index in [1.165, 1.54) is 12.4 Å². The second-order valence-electron chi connectivity index (χ2n) is 7.74. The number of nitrogens with zero attached hydrogens (tertiary/aromatic N) is 3. The number of nitrogens with one attached hydrogen (secondary N) is 2. The van der Waals surface area contributed by atoms with Crippen LogP contribution in [0.2, 0.25) is 0 Å². The standard InChI is InChI=1S/C22H21N5O3/c1-22(2,3)30-21(29)27-19(26-18(20(27)28)10-15-12-23-13-25-15)9-8-14-11-24-17-7-5-4-6-16(14)17/h4-13,24H,1-3H3,(H,23,25)/b9-8+,18-10-. The summed E-state index contributed by atoms with van der Waals surface area (Å²) in [7, 11) is 0. The Labute approximate surface area is 173 Å². The number of rotatable bonds is 3. The van der Waals surface area contributed by atoms with Gasteiger partial charge in [0, 0.05) is 23.3 Å². The third kappa shape index (κ3) is 3.93. The van der Waals surface area contributed by atoms with Crippen molar-refractivity contribution in [2.24, 2.45) is 4.99 Å². The largest absolute Gasteiger partial charge is 0.443 e. The molecule has 2 aromatic heterocycles.